The van der Waals surface area contributed by atoms with Crippen molar-refractivity contribution in [2.45, 2.75) is 44.9 Å². The minimum atomic E-state index is -3.80. The van der Waals surface area contributed by atoms with Gasteiger partial charge in [0, 0.05) is 23.5 Å². The number of aromatic carboxylic acids is 1. The Morgan fingerprint density at radius 3 is 2.06 bits per heavy atom. The van der Waals surface area contributed by atoms with E-state index in [9.17, 15) is 18.3 Å². The second-order valence-corrected chi connectivity index (χ2v) is 11.0. The van der Waals surface area contributed by atoms with Crippen LogP contribution in [0.15, 0.2) is 77.7 Å². The summed E-state index contributed by atoms with van der Waals surface area (Å²) in [5, 5.41) is 10.4. The number of benzene rings is 3. The quantitative estimate of drug-likeness (QED) is 0.325. The monoisotopic (exact) mass is 492 g/mol. The molecule has 0 saturated heterocycles. The molecule has 35 heavy (non-hydrogen) atoms. The van der Waals surface area contributed by atoms with Gasteiger partial charge in [0.2, 0.25) is 0 Å². The van der Waals surface area contributed by atoms with Gasteiger partial charge in [0.15, 0.2) is 0 Å². The summed E-state index contributed by atoms with van der Waals surface area (Å²) in [7, 11) is -2.30. The van der Waals surface area contributed by atoms with Crippen LogP contribution in [0, 0.1) is 0 Å². The number of carbonyl (C=O) groups is 1. The number of carboxylic acid groups (broad SMARTS) is 1. The molecule has 7 heteroatoms. The minimum absolute atomic E-state index is 0.0663. The molecule has 0 unspecified atom stereocenters. The van der Waals surface area contributed by atoms with E-state index in [0.29, 0.717) is 22.2 Å². The fourth-order valence-electron chi connectivity index (χ4n) is 3.86. The Hall–Kier alpha value is -3.58. The Labute approximate surface area is 207 Å². The van der Waals surface area contributed by atoms with Gasteiger partial charge in [-0.2, -0.15) is 0 Å². The normalized spacial score (nSPS) is 11.6. The van der Waals surface area contributed by atoms with Crippen LogP contribution in [0.25, 0.3) is 22.0 Å². The summed E-state index contributed by atoms with van der Waals surface area (Å²) in [6.07, 6.45) is 0. The fraction of sp³-hybridized carbons (Fsp3) is 0.250. The maximum Gasteiger partial charge on any atom is 0.352 e. The number of rotatable bonds is 5. The first-order valence-electron chi connectivity index (χ1n) is 11.5. The highest BCUT2D eigenvalue weighted by molar-refractivity contribution is 7.92. The van der Waals surface area contributed by atoms with Gasteiger partial charge in [-0.05, 0) is 46.9 Å². The van der Waals surface area contributed by atoms with Crippen molar-refractivity contribution in [3.8, 4) is 11.1 Å². The molecule has 4 aromatic rings. The van der Waals surface area contributed by atoms with E-state index < -0.39 is 16.0 Å². The van der Waals surface area contributed by atoms with Crippen molar-refractivity contribution in [1.29, 1.82) is 0 Å². The van der Waals surface area contributed by atoms with Crippen molar-refractivity contribution in [2.24, 2.45) is 0 Å². The molecule has 0 fully saturated rings. The van der Waals surface area contributed by atoms with E-state index in [1.165, 1.54) is 11.4 Å². The zero-order valence-corrected chi connectivity index (χ0v) is 21.8. The van der Waals surface area contributed by atoms with Gasteiger partial charge in [-0.3, -0.25) is 4.31 Å². The van der Waals surface area contributed by atoms with Crippen molar-refractivity contribution < 1.29 is 18.3 Å². The Morgan fingerprint density at radius 2 is 1.51 bits per heavy atom. The summed E-state index contributed by atoms with van der Waals surface area (Å²) in [6.45, 7) is 10.2. The van der Waals surface area contributed by atoms with E-state index in [-0.39, 0.29) is 16.0 Å². The van der Waals surface area contributed by atoms with Crippen molar-refractivity contribution in [1.82, 2.24) is 4.98 Å². The lowest BCUT2D eigenvalue weighted by Crippen LogP contribution is -2.26. The summed E-state index contributed by atoms with van der Waals surface area (Å²) in [4.78, 5) is 15.0. The third-order valence-corrected chi connectivity index (χ3v) is 7.60. The number of hydrogen-bond acceptors (Lipinski definition) is 3. The number of anilines is 1. The van der Waals surface area contributed by atoms with Gasteiger partial charge in [0.05, 0.1) is 10.6 Å². The Balaban J connectivity index is 0.00000167. The summed E-state index contributed by atoms with van der Waals surface area (Å²) < 4.78 is 27.9. The zero-order valence-electron chi connectivity index (χ0n) is 21.0. The van der Waals surface area contributed by atoms with Crippen molar-refractivity contribution >= 4 is 32.6 Å². The third-order valence-electron chi connectivity index (χ3n) is 5.80. The molecule has 0 amide bonds. The number of nitrogens with one attached hydrogen (secondary N) is 1. The largest absolute Gasteiger partial charge is 0.477 e. The van der Waals surface area contributed by atoms with Crippen molar-refractivity contribution in [2.75, 3.05) is 11.4 Å². The zero-order chi connectivity index (χ0) is 26.0. The van der Waals surface area contributed by atoms with E-state index in [2.05, 4.69) is 25.8 Å². The van der Waals surface area contributed by atoms with E-state index in [1.54, 1.807) is 30.3 Å². The van der Waals surface area contributed by atoms with Gasteiger partial charge in [0.1, 0.15) is 5.69 Å². The third kappa shape index (κ3) is 5.10. The standard InChI is InChI=1S/C26H26N2O4S.C2H6/c1-26(2,3)18-10-13-20(14-11-18)33(31,32)28(4)19-12-15-22-21(16-19)23(24(27-22)25(29)30)17-8-6-5-7-9-17;1-2/h5-16,27H,1-4H3,(H,29,30);1-2H3. The average Bonchev–Trinajstić information content (AvgIpc) is 3.24. The minimum Gasteiger partial charge on any atom is -0.477 e. The van der Waals surface area contributed by atoms with Crippen LogP contribution < -0.4 is 4.31 Å². The number of hydrogen-bond donors (Lipinski definition) is 2. The van der Waals surface area contributed by atoms with Crippen LogP contribution in [0.5, 0.6) is 0 Å². The van der Waals surface area contributed by atoms with Gasteiger partial charge in [-0.15, -0.1) is 0 Å². The summed E-state index contributed by atoms with van der Waals surface area (Å²) >= 11 is 0. The molecular weight excluding hydrogens is 460 g/mol. The molecule has 2 N–H and O–H groups in total. The van der Waals surface area contributed by atoms with Crippen LogP contribution in [0.4, 0.5) is 5.69 Å². The molecular formula is C28H32N2O4S. The predicted octanol–water partition coefficient (Wildman–Crippen LogP) is 6.68. The highest BCUT2D eigenvalue weighted by atomic mass is 32.2. The number of carboxylic acids is 1. The second kappa shape index (κ2) is 9.96. The summed E-state index contributed by atoms with van der Waals surface area (Å²) in [5.74, 6) is -1.08. The van der Waals surface area contributed by atoms with E-state index in [4.69, 9.17) is 0 Å². The predicted molar refractivity (Wildman–Crippen MR) is 143 cm³/mol. The molecule has 4 rings (SSSR count). The molecule has 0 spiro atoms. The van der Waals surface area contributed by atoms with Gasteiger partial charge >= 0.3 is 5.97 Å². The molecule has 0 saturated carbocycles. The van der Waals surface area contributed by atoms with Crippen molar-refractivity contribution in [3.63, 3.8) is 0 Å². The lowest BCUT2D eigenvalue weighted by molar-refractivity contribution is 0.0692. The Kier molecular flexibility index (Phi) is 7.41. The lowest BCUT2D eigenvalue weighted by atomic mass is 9.87. The number of H-pyrrole nitrogens is 1. The smallest absolute Gasteiger partial charge is 0.352 e. The maximum atomic E-state index is 13.3. The van der Waals surface area contributed by atoms with Crippen LogP contribution in [-0.4, -0.2) is 31.5 Å². The van der Waals surface area contributed by atoms with Crippen LogP contribution in [0.3, 0.4) is 0 Å². The summed E-state index contributed by atoms with van der Waals surface area (Å²) in [5.41, 5.74) is 3.36. The molecule has 0 radical (unpaired) electrons. The highest BCUT2D eigenvalue weighted by Gasteiger charge is 2.24. The summed E-state index contributed by atoms with van der Waals surface area (Å²) in [6, 6.07) is 21.2. The molecule has 0 atom stereocenters. The molecule has 6 nitrogen and oxygen atoms in total. The van der Waals surface area contributed by atoms with E-state index >= 15 is 0 Å². The SMILES string of the molecule is CC.CN(c1ccc2[nH]c(C(=O)O)c(-c3ccccc3)c2c1)S(=O)(=O)c1ccc(C(C)(C)C)cc1. The molecule has 0 aliphatic heterocycles. The fourth-order valence-corrected chi connectivity index (χ4v) is 5.05. The van der Waals surface area contributed by atoms with Crippen LogP contribution in [-0.2, 0) is 15.4 Å². The molecule has 1 aromatic heterocycles. The topological polar surface area (TPSA) is 90.5 Å². The highest BCUT2D eigenvalue weighted by Crippen LogP contribution is 2.36. The number of aromatic amines is 1. The van der Waals surface area contributed by atoms with Crippen LogP contribution in [0.2, 0.25) is 0 Å². The maximum absolute atomic E-state index is 13.3. The number of aromatic nitrogens is 1. The number of fused-ring (bicyclic) bond motifs is 1. The number of sulfonamides is 1. The molecule has 1 heterocycles. The number of nitrogens with zero attached hydrogens (tertiary/aromatic N) is 1. The first-order valence-corrected chi connectivity index (χ1v) is 13.0. The van der Waals surface area contributed by atoms with Gasteiger partial charge in [-0.25, -0.2) is 13.2 Å². The van der Waals surface area contributed by atoms with Crippen LogP contribution >= 0.6 is 0 Å². The van der Waals surface area contributed by atoms with Crippen molar-refractivity contribution in [3.05, 3.63) is 84.1 Å². The molecule has 0 bridgehead atoms. The Bertz CT molecular complexity index is 1430. The van der Waals surface area contributed by atoms with Gasteiger partial charge in [0.25, 0.3) is 10.0 Å². The first kappa shape index (κ1) is 26.0. The average molecular weight is 493 g/mol. The van der Waals surface area contributed by atoms with E-state index in [1.807, 2.05) is 56.3 Å². The molecule has 184 valence electrons. The second-order valence-electron chi connectivity index (χ2n) is 9.02. The van der Waals surface area contributed by atoms with Gasteiger partial charge in [-0.1, -0.05) is 77.1 Å². The lowest BCUT2D eigenvalue weighted by Gasteiger charge is -2.22. The van der Waals surface area contributed by atoms with Crippen LogP contribution in [0.1, 0.15) is 50.7 Å². The molecule has 0 aliphatic rings. The first-order chi connectivity index (χ1) is 16.5. The Morgan fingerprint density at radius 1 is 0.914 bits per heavy atom. The molecule has 0 aliphatic carbocycles. The molecule has 3 aromatic carbocycles. The van der Waals surface area contributed by atoms with Gasteiger partial charge < -0.3 is 10.1 Å². The van der Waals surface area contributed by atoms with E-state index in [0.717, 1.165) is 11.1 Å².